The highest BCUT2D eigenvalue weighted by Gasteiger charge is 2.40. The van der Waals surface area contributed by atoms with Crippen molar-refractivity contribution in [3.63, 3.8) is 0 Å². The molecule has 0 aliphatic carbocycles. The maximum atomic E-state index is 13.0. The Bertz CT molecular complexity index is 1020. The van der Waals surface area contributed by atoms with E-state index >= 15 is 0 Å². The molecule has 0 aromatic heterocycles. The Morgan fingerprint density at radius 1 is 1.13 bits per heavy atom. The third-order valence-electron chi connectivity index (χ3n) is 4.72. The number of amides is 2. The lowest BCUT2D eigenvalue weighted by Gasteiger charge is -2.33. The Morgan fingerprint density at radius 3 is 2.47 bits per heavy atom. The molecule has 0 saturated heterocycles. The summed E-state index contributed by atoms with van der Waals surface area (Å²) in [5.41, 5.74) is 1.54. The first-order valence-corrected chi connectivity index (χ1v) is 10.1. The van der Waals surface area contributed by atoms with Crippen LogP contribution in [0.25, 0.3) is 0 Å². The fourth-order valence-electron chi connectivity index (χ4n) is 3.37. The number of esters is 1. The van der Waals surface area contributed by atoms with E-state index in [-0.39, 0.29) is 29.5 Å². The van der Waals surface area contributed by atoms with Gasteiger partial charge >= 0.3 is 5.97 Å². The fourth-order valence-corrected chi connectivity index (χ4v) is 3.67. The normalized spacial score (nSPS) is 16.5. The second-order valence-corrected chi connectivity index (χ2v) is 7.47. The maximum Gasteiger partial charge on any atom is 0.336 e. The number of carbonyl (C=O) groups excluding carboxylic acids is 3. The fraction of sp³-hybridized carbons (Fsp3) is 0.227. The summed E-state index contributed by atoms with van der Waals surface area (Å²) in [4.78, 5) is 40.1. The molecule has 1 aliphatic rings. The summed E-state index contributed by atoms with van der Waals surface area (Å²) in [6, 6.07) is 13.6. The Labute approximate surface area is 184 Å². The average Bonchev–Trinajstić information content (AvgIpc) is 2.71. The molecule has 1 heterocycles. The van der Waals surface area contributed by atoms with Gasteiger partial charge in [0, 0.05) is 23.5 Å². The highest BCUT2D eigenvalue weighted by molar-refractivity contribution is 6.42. The first-order valence-electron chi connectivity index (χ1n) is 9.35. The van der Waals surface area contributed by atoms with E-state index in [2.05, 4.69) is 5.32 Å². The highest BCUT2D eigenvalue weighted by Crippen LogP contribution is 2.34. The molecule has 0 saturated carbocycles. The molecule has 0 unspecified atom stereocenters. The van der Waals surface area contributed by atoms with Crippen molar-refractivity contribution in [2.75, 3.05) is 16.8 Å². The van der Waals surface area contributed by atoms with E-state index in [1.165, 1.54) is 11.0 Å². The summed E-state index contributed by atoms with van der Waals surface area (Å²) >= 11 is 11.9. The minimum absolute atomic E-state index is 0.149. The molecule has 2 amide bonds. The van der Waals surface area contributed by atoms with Crippen LogP contribution in [-0.2, 0) is 19.1 Å². The largest absolute Gasteiger partial charge is 0.463 e. The molecule has 6 nitrogen and oxygen atoms in total. The first kappa shape index (κ1) is 21.9. The van der Waals surface area contributed by atoms with Crippen molar-refractivity contribution in [3.8, 4) is 0 Å². The van der Waals surface area contributed by atoms with E-state index in [4.69, 9.17) is 27.9 Å². The molecule has 0 fully saturated rings. The molecule has 1 atom stereocenters. The van der Waals surface area contributed by atoms with Crippen molar-refractivity contribution in [1.29, 1.82) is 0 Å². The summed E-state index contributed by atoms with van der Waals surface area (Å²) in [7, 11) is 0. The number of ether oxygens (including phenoxy) is 1. The SMILES string of the molecule is CCOC(=O)C1=C(C)N(c2ccccc2)C(=O)C[C@H]1C(=O)Nc1ccc(Cl)c(Cl)c1. The monoisotopic (exact) mass is 446 g/mol. The van der Waals surface area contributed by atoms with Crippen LogP contribution < -0.4 is 10.2 Å². The van der Waals surface area contributed by atoms with Crippen LogP contribution in [0.15, 0.2) is 59.8 Å². The van der Waals surface area contributed by atoms with Gasteiger partial charge in [-0.15, -0.1) is 0 Å². The molecule has 8 heteroatoms. The second-order valence-electron chi connectivity index (χ2n) is 6.66. The third kappa shape index (κ3) is 4.50. The predicted octanol–water partition coefficient (Wildman–Crippen LogP) is 4.82. The van der Waals surface area contributed by atoms with E-state index in [0.29, 0.717) is 22.1 Å². The predicted molar refractivity (Wildman–Crippen MR) is 116 cm³/mol. The van der Waals surface area contributed by atoms with Gasteiger partial charge in [0.2, 0.25) is 11.8 Å². The van der Waals surface area contributed by atoms with Gasteiger partial charge in [0.15, 0.2) is 0 Å². The van der Waals surface area contributed by atoms with Crippen LogP contribution in [0.4, 0.5) is 11.4 Å². The van der Waals surface area contributed by atoms with Crippen molar-refractivity contribution >= 4 is 52.4 Å². The van der Waals surface area contributed by atoms with Gasteiger partial charge in [-0.05, 0) is 44.2 Å². The Kier molecular flexibility index (Phi) is 6.80. The minimum atomic E-state index is -0.994. The number of halogens is 2. The zero-order chi connectivity index (χ0) is 21.8. The molecule has 156 valence electrons. The first-order chi connectivity index (χ1) is 14.3. The summed E-state index contributed by atoms with van der Waals surface area (Å²) in [5, 5.41) is 3.34. The Balaban J connectivity index is 1.99. The number of rotatable bonds is 5. The smallest absolute Gasteiger partial charge is 0.336 e. The van der Waals surface area contributed by atoms with Crippen LogP contribution >= 0.6 is 23.2 Å². The molecular formula is C22H20Cl2N2O4. The summed E-state index contributed by atoms with van der Waals surface area (Å²) in [5.74, 6) is -2.42. The van der Waals surface area contributed by atoms with Gasteiger partial charge in [0.1, 0.15) is 0 Å². The molecule has 0 radical (unpaired) electrons. The summed E-state index contributed by atoms with van der Waals surface area (Å²) in [6.07, 6.45) is -0.173. The molecule has 2 aromatic carbocycles. The van der Waals surface area contributed by atoms with Gasteiger partial charge in [-0.25, -0.2) is 4.79 Å². The highest BCUT2D eigenvalue weighted by atomic mass is 35.5. The molecule has 0 bridgehead atoms. The molecule has 30 heavy (non-hydrogen) atoms. The topological polar surface area (TPSA) is 75.7 Å². The van der Waals surface area contributed by atoms with E-state index in [1.54, 1.807) is 50.2 Å². The van der Waals surface area contributed by atoms with Gasteiger partial charge in [0.05, 0.1) is 28.1 Å². The van der Waals surface area contributed by atoms with E-state index in [1.807, 2.05) is 6.07 Å². The van der Waals surface area contributed by atoms with Crippen LogP contribution in [0.2, 0.25) is 10.0 Å². The van der Waals surface area contributed by atoms with Gasteiger partial charge < -0.3 is 10.1 Å². The van der Waals surface area contributed by atoms with Gasteiger partial charge in [-0.1, -0.05) is 41.4 Å². The lowest BCUT2D eigenvalue weighted by atomic mass is 9.88. The number of benzene rings is 2. The van der Waals surface area contributed by atoms with Crippen LogP contribution in [0, 0.1) is 5.92 Å². The summed E-state index contributed by atoms with van der Waals surface area (Å²) in [6.45, 7) is 3.47. The van der Waals surface area contributed by atoms with Crippen molar-refractivity contribution < 1.29 is 19.1 Å². The van der Waals surface area contributed by atoms with Crippen LogP contribution in [-0.4, -0.2) is 24.4 Å². The molecule has 0 spiro atoms. The number of anilines is 2. The molecule has 1 aliphatic heterocycles. The maximum absolute atomic E-state index is 13.0. The zero-order valence-electron chi connectivity index (χ0n) is 16.4. The quantitative estimate of drug-likeness (QED) is 0.667. The van der Waals surface area contributed by atoms with Gasteiger partial charge in [0.25, 0.3) is 0 Å². The lowest BCUT2D eigenvalue weighted by Crippen LogP contribution is -2.43. The van der Waals surface area contributed by atoms with Crippen LogP contribution in [0.1, 0.15) is 20.3 Å². The average molecular weight is 447 g/mol. The minimum Gasteiger partial charge on any atom is -0.463 e. The van der Waals surface area contributed by atoms with E-state index < -0.39 is 17.8 Å². The van der Waals surface area contributed by atoms with Crippen molar-refractivity contribution in [2.24, 2.45) is 5.92 Å². The molecule has 1 N–H and O–H groups in total. The number of hydrogen-bond acceptors (Lipinski definition) is 4. The number of hydrogen-bond donors (Lipinski definition) is 1. The van der Waals surface area contributed by atoms with Crippen molar-refractivity contribution in [1.82, 2.24) is 0 Å². The Morgan fingerprint density at radius 2 is 1.83 bits per heavy atom. The molecule has 2 aromatic rings. The third-order valence-corrected chi connectivity index (χ3v) is 5.45. The van der Waals surface area contributed by atoms with Crippen molar-refractivity contribution in [3.05, 3.63) is 69.8 Å². The molecule has 3 rings (SSSR count). The number of nitrogens with one attached hydrogen (secondary N) is 1. The number of carbonyl (C=O) groups is 3. The number of nitrogens with zero attached hydrogens (tertiary/aromatic N) is 1. The van der Waals surface area contributed by atoms with Crippen LogP contribution in [0.5, 0.6) is 0 Å². The lowest BCUT2D eigenvalue weighted by molar-refractivity contribution is -0.141. The number of allylic oxidation sites excluding steroid dienone is 1. The standard InChI is InChI=1S/C22H20Cl2N2O4/c1-3-30-22(29)20-13(2)26(15-7-5-4-6-8-15)19(27)12-16(20)21(28)25-14-9-10-17(23)18(24)11-14/h4-11,16H,3,12H2,1-2H3,(H,25,28)/t16-/m1/s1. The summed E-state index contributed by atoms with van der Waals surface area (Å²) < 4.78 is 5.18. The molecular weight excluding hydrogens is 427 g/mol. The Hall–Kier alpha value is -2.83. The van der Waals surface area contributed by atoms with Gasteiger partial charge in [-0.2, -0.15) is 0 Å². The van der Waals surface area contributed by atoms with Crippen LogP contribution in [0.3, 0.4) is 0 Å². The van der Waals surface area contributed by atoms with Gasteiger partial charge in [-0.3, -0.25) is 14.5 Å². The number of para-hydroxylation sites is 1. The van der Waals surface area contributed by atoms with Crippen molar-refractivity contribution in [2.45, 2.75) is 20.3 Å². The van der Waals surface area contributed by atoms with E-state index in [0.717, 1.165) is 0 Å². The van der Waals surface area contributed by atoms with E-state index in [9.17, 15) is 14.4 Å². The second kappa shape index (κ2) is 9.32. The zero-order valence-corrected chi connectivity index (χ0v) is 18.0.